The van der Waals surface area contributed by atoms with Crippen molar-refractivity contribution in [2.45, 2.75) is 0 Å². The van der Waals surface area contributed by atoms with Crippen LogP contribution in [-0.4, -0.2) is 13.0 Å². The van der Waals surface area contributed by atoms with Gasteiger partial charge in [0.2, 0.25) is 0 Å². The number of rotatable bonds is 2. The first-order valence-electron chi connectivity index (χ1n) is 7.78. The minimum atomic E-state index is -4.64. The maximum atomic E-state index is 11.4. The summed E-state index contributed by atoms with van der Waals surface area (Å²) in [6.07, 6.45) is 0. The molecule has 0 bridgehead atoms. The molecular weight excluding hydrogens is 336 g/mol. The van der Waals surface area contributed by atoms with Gasteiger partial charge in [0.25, 0.3) is 0 Å². The summed E-state index contributed by atoms with van der Waals surface area (Å²) in [6.45, 7) is 0. The summed E-state index contributed by atoms with van der Waals surface area (Å²) in [5.74, 6) is 0.156. The van der Waals surface area contributed by atoms with E-state index >= 15 is 0 Å². The summed E-state index contributed by atoms with van der Waals surface area (Å²) >= 11 is 0. The smallest absolute Gasteiger partial charge is 0.360 e. The maximum Gasteiger partial charge on any atom is 0.446 e. The van der Waals surface area contributed by atoms with Gasteiger partial charge in [-0.2, -0.15) is 8.42 Å². The molecule has 0 aliphatic rings. The molecular formula is C20H12O4S. The van der Waals surface area contributed by atoms with Gasteiger partial charge in [0.1, 0.15) is 0 Å². The Morgan fingerprint density at radius 2 is 1.28 bits per heavy atom. The van der Waals surface area contributed by atoms with Crippen molar-refractivity contribution < 1.29 is 17.2 Å². The van der Waals surface area contributed by atoms with E-state index in [0.29, 0.717) is 10.8 Å². The molecule has 0 aromatic heterocycles. The van der Waals surface area contributed by atoms with Crippen molar-refractivity contribution in [3.8, 4) is 5.75 Å². The highest BCUT2D eigenvalue weighted by Gasteiger charge is 2.19. The van der Waals surface area contributed by atoms with E-state index in [-0.39, 0.29) is 5.75 Å². The number of fused-ring (bicyclic) bond motifs is 2. The Morgan fingerprint density at radius 1 is 0.640 bits per heavy atom. The first kappa shape index (κ1) is 14.5. The highest BCUT2D eigenvalue weighted by Crippen LogP contribution is 2.44. The van der Waals surface area contributed by atoms with E-state index in [1.165, 1.54) is 0 Å². The highest BCUT2D eigenvalue weighted by atomic mass is 32.3. The second-order valence-electron chi connectivity index (χ2n) is 6.07. The Kier molecular flexibility index (Phi) is 2.78. The van der Waals surface area contributed by atoms with E-state index in [1.807, 2.05) is 54.6 Å². The lowest BCUT2D eigenvalue weighted by Crippen LogP contribution is -2.07. The molecule has 0 aliphatic carbocycles. The highest BCUT2D eigenvalue weighted by molar-refractivity contribution is 7.81. The van der Waals surface area contributed by atoms with Gasteiger partial charge in [-0.15, -0.1) is 0 Å². The lowest BCUT2D eigenvalue weighted by atomic mass is 9.90. The zero-order valence-corrected chi connectivity index (χ0v) is 13.7. The third kappa shape index (κ3) is 2.06. The molecule has 0 amide bonds. The summed E-state index contributed by atoms with van der Waals surface area (Å²) in [5.41, 5.74) is 0. The molecule has 5 aromatic rings. The van der Waals surface area contributed by atoms with Crippen molar-refractivity contribution in [2.24, 2.45) is 0 Å². The molecule has 0 saturated heterocycles. The normalized spacial score (nSPS) is 12.5. The second kappa shape index (κ2) is 4.81. The first-order valence-corrected chi connectivity index (χ1v) is 9.14. The van der Waals surface area contributed by atoms with Crippen LogP contribution in [0.4, 0.5) is 0 Å². The predicted molar refractivity (Wildman–Crippen MR) is 99.8 cm³/mol. The van der Waals surface area contributed by atoms with Crippen molar-refractivity contribution in [1.29, 1.82) is 0 Å². The zero-order valence-electron chi connectivity index (χ0n) is 12.9. The maximum absolute atomic E-state index is 11.4. The van der Waals surface area contributed by atoms with Crippen LogP contribution in [-0.2, 0) is 10.4 Å². The van der Waals surface area contributed by atoms with Gasteiger partial charge >= 0.3 is 10.4 Å². The van der Waals surface area contributed by atoms with Crippen LogP contribution in [0.1, 0.15) is 0 Å². The van der Waals surface area contributed by atoms with Crippen molar-refractivity contribution in [2.75, 3.05) is 0 Å². The summed E-state index contributed by atoms with van der Waals surface area (Å²) in [4.78, 5) is 0. The average molecular weight is 348 g/mol. The van der Waals surface area contributed by atoms with E-state index in [9.17, 15) is 13.0 Å². The molecule has 0 spiro atoms. The van der Waals surface area contributed by atoms with Gasteiger partial charge in [-0.05, 0) is 33.0 Å². The van der Waals surface area contributed by atoms with Crippen LogP contribution in [0.2, 0.25) is 0 Å². The standard InChI is InChI=1S/C20H12O4S/c21-25(22,23)24-20-16-7-2-1-6-14(16)15-10-8-12-4-3-5-13-9-11-17(20)19(15)18(12)13/h1-11H,(H,21,22,23). The fourth-order valence-electron chi connectivity index (χ4n) is 3.75. The number of hydrogen-bond donors (Lipinski definition) is 1. The van der Waals surface area contributed by atoms with Crippen LogP contribution in [0.3, 0.4) is 0 Å². The fourth-order valence-corrected chi connectivity index (χ4v) is 4.14. The van der Waals surface area contributed by atoms with Crippen LogP contribution < -0.4 is 4.18 Å². The molecule has 0 aliphatic heterocycles. The Bertz CT molecular complexity index is 1370. The molecule has 4 nitrogen and oxygen atoms in total. The summed E-state index contributed by atoms with van der Waals surface area (Å²) in [7, 11) is -4.64. The molecule has 25 heavy (non-hydrogen) atoms. The molecule has 0 unspecified atom stereocenters. The monoisotopic (exact) mass is 348 g/mol. The van der Waals surface area contributed by atoms with Gasteiger partial charge in [0, 0.05) is 16.2 Å². The largest absolute Gasteiger partial charge is 0.446 e. The molecule has 1 N–H and O–H groups in total. The summed E-state index contributed by atoms with van der Waals surface area (Å²) < 4.78 is 37.2. The minimum Gasteiger partial charge on any atom is -0.360 e. The molecule has 5 rings (SSSR count). The van der Waals surface area contributed by atoms with Crippen molar-refractivity contribution >= 4 is 53.5 Å². The Morgan fingerprint density at radius 3 is 1.96 bits per heavy atom. The van der Waals surface area contributed by atoms with E-state index in [1.54, 1.807) is 6.07 Å². The zero-order chi connectivity index (χ0) is 17.2. The van der Waals surface area contributed by atoms with Crippen LogP contribution in [0.5, 0.6) is 5.75 Å². The molecule has 0 atom stereocenters. The topological polar surface area (TPSA) is 63.6 Å². The number of benzene rings is 5. The summed E-state index contributed by atoms with van der Waals surface area (Å²) in [6, 6.07) is 21.4. The lowest BCUT2D eigenvalue weighted by molar-refractivity contribution is 0.390. The third-order valence-electron chi connectivity index (χ3n) is 4.67. The van der Waals surface area contributed by atoms with Gasteiger partial charge in [0.05, 0.1) is 0 Å². The van der Waals surface area contributed by atoms with Crippen molar-refractivity contribution in [3.63, 3.8) is 0 Å². The van der Waals surface area contributed by atoms with Crippen LogP contribution in [0, 0.1) is 0 Å². The van der Waals surface area contributed by atoms with Crippen molar-refractivity contribution in [1.82, 2.24) is 0 Å². The van der Waals surface area contributed by atoms with E-state index in [2.05, 4.69) is 6.07 Å². The second-order valence-corrected chi connectivity index (χ2v) is 7.09. The lowest BCUT2D eigenvalue weighted by Gasteiger charge is -2.16. The van der Waals surface area contributed by atoms with E-state index in [0.717, 1.165) is 32.3 Å². The quantitative estimate of drug-likeness (QED) is 0.279. The van der Waals surface area contributed by atoms with Gasteiger partial charge in [-0.1, -0.05) is 60.7 Å². The molecule has 5 aromatic carbocycles. The van der Waals surface area contributed by atoms with Crippen LogP contribution in [0.15, 0.2) is 66.7 Å². The SMILES string of the molecule is O=S(=O)(O)Oc1c2ccccc2c2ccc3cccc4ccc1c2c43. The fraction of sp³-hybridized carbons (Fsp3) is 0. The van der Waals surface area contributed by atoms with Gasteiger partial charge in [0.15, 0.2) is 5.75 Å². The van der Waals surface area contributed by atoms with Crippen LogP contribution >= 0.6 is 0 Å². The molecule has 0 fully saturated rings. The Labute approximate surface area is 143 Å². The van der Waals surface area contributed by atoms with Gasteiger partial charge < -0.3 is 4.18 Å². The first-order chi connectivity index (χ1) is 12.0. The Balaban J connectivity index is 2.13. The molecule has 5 heteroatoms. The average Bonchev–Trinajstić information content (AvgIpc) is 2.60. The van der Waals surface area contributed by atoms with Crippen LogP contribution in [0.25, 0.3) is 43.1 Å². The molecule has 0 radical (unpaired) electrons. The minimum absolute atomic E-state index is 0.156. The van der Waals surface area contributed by atoms with Gasteiger partial charge in [-0.3, -0.25) is 4.55 Å². The van der Waals surface area contributed by atoms with E-state index < -0.39 is 10.4 Å². The Hall–Kier alpha value is -2.89. The van der Waals surface area contributed by atoms with Gasteiger partial charge in [-0.25, -0.2) is 0 Å². The molecule has 0 saturated carbocycles. The molecule has 122 valence electrons. The molecule has 0 heterocycles. The summed E-state index contributed by atoms with van der Waals surface area (Å²) in [5, 5.41) is 7.36. The van der Waals surface area contributed by atoms with E-state index in [4.69, 9.17) is 4.18 Å². The third-order valence-corrected chi connectivity index (χ3v) is 5.05. The van der Waals surface area contributed by atoms with Crippen molar-refractivity contribution in [3.05, 3.63) is 66.7 Å². The predicted octanol–water partition coefficient (Wildman–Crippen LogP) is 4.92. The number of hydrogen-bond acceptors (Lipinski definition) is 3.